The minimum Gasteiger partial charge on any atom is -0.459 e. The molecule has 0 aliphatic carbocycles. The number of imide groups is 1. The first-order valence-electron chi connectivity index (χ1n) is 11.5. The largest absolute Gasteiger partial charge is 0.459 e. The van der Waals surface area contributed by atoms with Crippen molar-refractivity contribution in [1.82, 2.24) is 10.4 Å². The van der Waals surface area contributed by atoms with Crippen LogP contribution in [0.3, 0.4) is 0 Å². The summed E-state index contributed by atoms with van der Waals surface area (Å²) < 4.78 is 5.52. The van der Waals surface area contributed by atoms with Gasteiger partial charge in [-0.15, -0.1) is 6.58 Å². The summed E-state index contributed by atoms with van der Waals surface area (Å²) in [6, 6.07) is 15.9. The van der Waals surface area contributed by atoms with Gasteiger partial charge in [-0.2, -0.15) is 0 Å². The lowest BCUT2D eigenvalue weighted by atomic mass is 9.90. The molecule has 0 fully saturated rings. The van der Waals surface area contributed by atoms with Crippen LogP contribution in [-0.4, -0.2) is 34.1 Å². The maximum absolute atomic E-state index is 13.6. The number of carbonyl (C=O) groups excluding carboxylic acids is 3. The molecule has 182 valence electrons. The van der Waals surface area contributed by atoms with Crippen molar-refractivity contribution in [3.8, 4) is 0 Å². The van der Waals surface area contributed by atoms with Crippen molar-refractivity contribution in [1.29, 1.82) is 0 Å². The van der Waals surface area contributed by atoms with E-state index < -0.39 is 29.9 Å². The predicted molar refractivity (Wildman–Crippen MR) is 130 cm³/mol. The van der Waals surface area contributed by atoms with Gasteiger partial charge in [-0.3, -0.25) is 10.0 Å². The zero-order valence-corrected chi connectivity index (χ0v) is 19.9. The quantitative estimate of drug-likeness (QED) is 0.201. The number of allylic oxidation sites excluding steroid dienone is 1. The Kier molecular flexibility index (Phi) is 11.0. The number of carbonyl (C=O) groups is 3. The fourth-order valence-corrected chi connectivity index (χ4v) is 3.82. The molecule has 0 saturated heterocycles. The number of benzene rings is 2. The summed E-state index contributed by atoms with van der Waals surface area (Å²) >= 11 is 0. The standard InChI is InChI=1S/C27H34N2O5/c1-4-5-16-23(17-20(2)3)25(30)29(27(32)28-33)24(18-21-12-8-6-9-13-21)26(31)34-19-22-14-10-7-11-15-22/h4,6-15,20,23-24,33H,1,5,16-19H2,2-3H3,(H,28,32)/t23?,24-/m0/s1. The summed E-state index contributed by atoms with van der Waals surface area (Å²) in [6.45, 7) is 7.69. The van der Waals surface area contributed by atoms with Crippen molar-refractivity contribution in [2.45, 2.75) is 52.2 Å². The Bertz CT molecular complexity index is 931. The highest BCUT2D eigenvalue weighted by molar-refractivity contribution is 5.99. The third kappa shape index (κ3) is 8.15. The second-order valence-corrected chi connectivity index (χ2v) is 8.62. The van der Waals surface area contributed by atoms with Gasteiger partial charge in [0.2, 0.25) is 5.91 Å². The second-order valence-electron chi connectivity index (χ2n) is 8.62. The number of nitrogens with one attached hydrogen (secondary N) is 1. The number of rotatable bonds is 12. The van der Waals surface area contributed by atoms with Gasteiger partial charge in [-0.1, -0.05) is 80.6 Å². The fourth-order valence-electron chi connectivity index (χ4n) is 3.82. The Morgan fingerprint density at radius 2 is 1.62 bits per heavy atom. The molecule has 0 aliphatic heterocycles. The maximum Gasteiger partial charge on any atom is 0.348 e. The van der Waals surface area contributed by atoms with Crippen molar-refractivity contribution in [2.24, 2.45) is 11.8 Å². The molecule has 0 saturated carbocycles. The van der Waals surface area contributed by atoms with E-state index in [9.17, 15) is 19.6 Å². The molecule has 0 radical (unpaired) electrons. The highest BCUT2D eigenvalue weighted by Crippen LogP contribution is 2.23. The number of amides is 3. The Hall–Kier alpha value is -3.45. The van der Waals surface area contributed by atoms with Crippen LogP contribution >= 0.6 is 0 Å². The lowest BCUT2D eigenvalue weighted by Crippen LogP contribution is -2.55. The third-order valence-electron chi connectivity index (χ3n) is 5.46. The van der Waals surface area contributed by atoms with Crippen LogP contribution < -0.4 is 5.48 Å². The van der Waals surface area contributed by atoms with Crippen LogP contribution in [0.1, 0.15) is 44.2 Å². The summed E-state index contributed by atoms with van der Waals surface area (Å²) in [4.78, 5) is 40.4. The summed E-state index contributed by atoms with van der Waals surface area (Å²) in [5.41, 5.74) is 3.07. The molecule has 2 rings (SSSR count). The van der Waals surface area contributed by atoms with Crippen LogP contribution in [0.15, 0.2) is 73.3 Å². The molecule has 7 nitrogen and oxygen atoms in total. The summed E-state index contributed by atoms with van der Waals surface area (Å²) in [5, 5.41) is 9.44. The van der Waals surface area contributed by atoms with Crippen LogP contribution in [0.25, 0.3) is 0 Å². The average Bonchev–Trinajstić information content (AvgIpc) is 2.85. The Morgan fingerprint density at radius 1 is 1.03 bits per heavy atom. The zero-order valence-electron chi connectivity index (χ0n) is 19.9. The highest BCUT2D eigenvalue weighted by Gasteiger charge is 2.39. The molecular formula is C27H34N2O5. The minimum absolute atomic E-state index is 0.000373. The topological polar surface area (TPSA) is 95.9 Å². The normalized spacial score (nSPS) is 12.5. The maximum atomic E-state index is 13.6. The number of hydroxylamine groups is 1. The first-order chi connectivity index (χ1) is 16.4. The molecule has 7 heteroatoms. The molecule has 0 bridgehead atoms. The lowest BCUT2D eigenvalue weighted by molar-refractivity contribution is -0.155. The van der Waals surface area contributed by atoms with Gasteiger partial charge in [0, 0.05) is 12.3 Å². The number of hydrogen-bond acceptors (Lipinski definition) is 5. The molecule has 2 aromatic carbocycles. The molecule has 0 spiro atoms. The summed E-state index contributed by atoms with van der Waals surface area (Å²) in [5.74, 6) is -1.58. The van der Waals surface area contributed by atoms with Gasteiger partial charge in [0.05, 0.1) is 0 Å². The monoisotopic (exact) mass is 466 g/mol. The number of urea groups is 1. The highest BCUT2D eigenvalue weighted by atomic mass is 16.5. The number of esters is 1. The molecule has 2 aromatic rings. The molecule has 1 unspecified atom stereocenters. The second kappa shape index (κ2) is 14.0. The Labute approximate surface area is 201 Å². The van der Waals surface area contributed by atoms with E-state index in [1.165, 1.54) is 0 Å². The van der Waals surface area contributed by atoms with Crippen LogP contribution in [0.2, 0.25) is 0 Å². The van der Waals surface area contributed by atoms with E-state index in [-0.39, 0.29) is 18.9 Å². The molecule has 34 heavy (non-hydrogen) atoms. The van der Waals surface area contributed by atoms with Crippen LogP contribution in [-0.2, 0) is 27.4 Å². The molecule has 2 atom stereocenters. The predicted octanol–water partition coefficient (Wildman–Crippen LogP) is 4.90. The van der Waals surface area contributed by atoms with Crippen molar-refractivity contribution >= 4 is 17.9 Å². The Balaban J connectivity index is 2.38. The van der Waals surface area contributed by atoms with Gasteiger partial charge in [-0.05, 0) is 36.3 Å². The van der Waals surface area contributed by atoms with Crippen LogP contribution in [0.4, 0.5) is 4.79 Å². The molecule has 3 amide bonds. The molecular weight excluding hydrogens is 432 g/mol. The van der Waals surface area contributed by atoms with E-state index in [1.54, 1.807) is 23.7 Å². The van der Waals surface area contributed by atoms with Gasteiger partial charge >= 0.3 is 12.0 Å². The van der Waals surface area contributed by atoms with Crippen molar-refractivity contribution in [2.75, 3.05) is 0 Å². The van der Waals surface area contributed by atoms with E-state index in [1.807, 2.05) is 62.4 Å². The van der Waals surface area contributed by atoms with Gasteiger partial charge < -0.3 is 4.74 Å². The first kappa shape index (κ1) is 26.8. The average molecular weight is 467 g/mol. The molecule has 0 heterocycles. The van der Waals surface area contributed by atoms with Gasteiger partial charge in [-0.25, -0.2) is 20.0 Å². The number of nitrogens with zero attached hydrogens (tertiary/aromatic N) is 1. The van der Waals surface area contributed by atoms with Crippen molar-refractivity contribution in [3.05, 3.63) is 84.4 Å². The fraction of sp³-hybridized carbons (Fsp3) is 0.370. The van der Waals surface area contributed by atoms with E-state index in [0.717, 1.165) is 16.0 Å². The van der Waals surface area contributed by atoms with E-state index in [0.29, 0.717) is 19.3 Å². The minimum atomic E-state index is -1.25. The third-order valence-corrected chi connectivity index (χ3v) is 5.46. The number of ether oxygens (including phenoxy) is 1. The number of hydrogen-bond donors (Lipinski definition) is 2. The molecule has 0 aliphatic rings. The van der Waals surface area contributed by atoms with Crippen molar-refractivity contribution < 1.29 is 24.3 Å². The summed E-state index contributed by atoms with van der Waals surface area (Å²) in [7, 11) is 0. The van der Waals surface area contributed by atoms with E-state index in [4.69, 9.17) is 4.74 Å². The zero-order chi connectivity index (χ0) is 24.9. The molecule has 2 N–H and O–H groups in total. The van der Waals surface area contributed by atoms with Crippen molar-refractivity contribution in [3.63, 3.8) is 0 Å². The van der Waals surface area contributed by atoms with Gasteiger partial charge in [0.15, 0.2) is 0 Å². The van der Waals surface area contributed by atoms with E-state index >= 15 is 0 Å². The van der Waals surface area contributed by atoms with Crippen LogP contribution in [0.5, 0.6) is 0 Å². The SMILES string of the molecule is C=CCCC(CC(C)C)C(=O)N(C(=O)NO)[C@@H](Cc1ccccc1)C(=O)OCc1ccccc1. The van der Waals surface area contributed by atoms with Gasteiger partial charge in [0.25, 0.3) is 0 Å². The smallest absolute Gasteiger partial charge is 0.348 e. The van der Waals surface area contributed by atoms with Gasteiger partial charge in [0.1, 0.15) is 12.6 Å². The van der Waals surface area contributed by atoms with E-state index in [2.05, 4.69) is 6.58 Å². The summed E-state index contributed by atoms with van der Waals surface area (Å²) in [6.07, 6.45) is 3.36. The molecule has 0 aromatic heterocycles. The first-order valence-corrected chi connectivity index (χ1v) is 11.5. The lowest BCUT2D eigenvalue weighted by Gasteiger charge is -2.31. The van der Waals surface area contributed by atoms with Crippen LogP contribution in [0, 0.1) is 11.8 Å². The Morgan fingerprint density at radius 3 is 2.15 bits per heavy atom.